The summed E-state index contributed by atoms with van der Waals surface area (Å²) in [7, 11) is 1.37. The van der Waals surface area contributed by atoms with E-state index >= 15 is 0 Å². The van der Waals surface area contributed by atoms with Crippen LogP contribution in [0.3, 0.4) is 0 Å². The smallest absolute Gasteiger partial charge is 0.409 e. The zero-order valence-corrected chi connectivity index (χ0v) is 12.1. The molecule has 1 saturated heterocycles. The number of amides is 2. The van der Waals surface area contributed by atoms with Crippen molar-refractivity contribution in [2.45, 2.75) is 26.7 Å². The van der Waals surface area contributed by atoms with Crippen LogP contribution < -0.4 is 5.73 Å². The van der Waals surface area contributed by atoms with E-state index in [1.165, 1.54) is 7.11 Å². The lowest BCUT2D eigenvalue weighted by atomic mass is 9.81. The molecule has 0 aliphatic carbocycles. The molecule has 1 fully saturated rings. The van der Waals surface area contributed by atoms with Crippen LogP contribution in [-0.2, 0) is 9.53 Å². The third-order valence-corrected chi connectivity index (χ3v) is 4.20. The molecule has 0 unspecified atom stereocenters. The summed E-state index contributed by atoms with van der Waals surface area (Å²) in [6.07, 6.45) is 1.16. The minimum Gasteiger partial charge on any atom is -0.453 e. The Morgan fingerprint density at radius 2 is 1.58 bits per heavy atom. The summed E-state index contributed by atoms with van der Waals surface area (Å²) >= 11 is 0. The van der Waals surface area contributed by atoms with Gasteiger partial charge in [-0.15, -0.1) is 0 Å². The third-order valence-electron chi connectivity index (χ3n) is 4.20. The lowest BCUT2D eigenvalue weighted by Crippen LogP contribution is -2.55. The summed E-state index contributed by atoms with van der Waals surface area (Å²) in [5.41, 5.74) is 5.35. The van der Waals surface area contributed by atoms with Gasteiger partial charge in [-0.2, -0.15) is 0 Å². The van der Waals surface area contributed by atoms with Gasteiger partial charge in [0.1, 0.15) is 0 Å². The van der Waals surface area contributed by atoms with Crippen LogP contribution >= 0.6 is 0 Å². The quantitative estimate of drug-likeness (QED) is 0.815. The molecule has 110 valence electrons. The molecule has 0 spiro atoms. The first kappa shape index (κ1) is 15.8. The van der Waals surface area contributed by atoms with Crippen LogP contribution in [0.25, 0.3) is 0 Å². The third kappa shape index (κ3) is 3.18. The van der Waals surface area contributed by atoms with Crippen LogP contribution in [0.1, 0.15) is 26.7 Å². The molecule has 1 aliphatic rings. The van der Waals surface area contributed by atoms with E-state index in [1.54, 1.807) is 4.90 Å². The Labute approximate surface area is 114 Å². The van der Waals surface area contributed by atoms with Crippen LogP contribution in [0.2, 0.25) is 0 Å². The molecule has 6 nitrogen and oxygen atoms in total. The number of carbonyl (C=O) groups is 2. The van der Waals surface area contributed by atoms with Gasteiger partial charge in [-0.1, -0.05) is 13.8 Å². The van der Waals surface area contributed by atoms with Crippen LogP contribution in [0.4, 0.5) is 4.79 Å². The van der Waals surface area contributed by atoms with Crippen molar-refractivity contribution in [1.29, 1.82) is 0 Å². The number of ether oxygens (including phenoxy) is 1. The van der Waals surface area contributed by atoms with Crippen molar-refractivity contribution >= 4 is 12.0 Å². The second-order valence-electron chi connectivity index (χ2n) is 4.94. The second kappa shape index (κ2) is 6.75. The summed E-state index contributed by atoms with van der Waals surface area (Å²) in [6, 6.07) is 0. The fraction of sp³-hybridized carbons (Fsp3) is 0.846. The highest BCUT2D eigenvalue weighted by molar-refractivity contribution is 5.83. The van der Waals surface area contributed by atoms with Gasteiger partial charge in [0.2, 0.25) is 5.91 Å². The molecule has 1 aliphatic heterocycles. The summed E-state index contributed by atoms with van der Waals surface area (Å²) in [4.78, 5) is 27.4. The van der Waals surface area contributed by atoms with E-state index < -0.39 is 5.41 Å². The van der Waals surface area contributed by atoms with Crippen LogP contribution in [0.5, 0.6) is 0 Å². The number of piperazine rings is 1. The van der Waals surface area contributed by atoms with Gasteiger partial charge >= 0.3 is 6.09 Å². The van der Waals surface area contributed by atoms with Crippen molar-refractivity contribution in [3.63, 3.8) is 0 Å². The molecular formula is C13H25N3O3. The summed E-state index contributed by atoms with van der Waals surface area (Å²) in [5.74, 6) is 0.115. The highest BCUT2D eigenvalue weighted by atomic mass is 16.5. The molecule has 1 heterocycles. The lowest BCUT2D eigenvalue weighted by molar-refractivity contribution is -0.143. The number of nitrogens with two attached hydrogens (primary N) is 1. The van der Waals surface area contributed by atoms with E-state index in [9.17, 15) is 9.59 Å². The highest BCUT2D eigenvalue weighted by Gasteiger charge is 2.38. The molecule has 0 aromatic heterocycles. The molecule has 1 rings (SSSR count). The molecule has 0 aromatic carbocycles. The van der Waals surface area contributed by atoms with Gasteiger partial charge in [-0.25, -0.2) is 4.79 Å². The minimum atomic E-state index is -0.451. The zero-order valence-electron chi connectivity index (χ0n) is 12.1. The number of nitrogens with zero attached hydrogens (tertiary/aromatic N) is 2. The Morgan fingerprint density at radius 1 is 1.11 bits per heavy atom. The Bertz CT molecular complexity index is 313. The van der Waals surface area contributed by atoms with Gasteiger partial charge in [0.05, 0.1) is 12.5 Å². The average molecular weight is 271 g/mol. The zero-order chi connectivity index (χ0) is 14.5. The van der Waals surface area contributed by atoms with Crippen molar-refractivity contribution in [2.75, 3.05) is 39.8 Å². The highest BCUT2D eigenvalue weighted by Crippen LogP contribution is 2.28. The monoisotopic (exact) mass is 271 g/mol. The maximum absolute atomic E-state index is 12.6. The van der Waals surface area contributed by atoms with Gasteiger partial charge in [0.15, 0.2) is 0 Å². The topological polar surface area (TPSA) is 75.9 Å². The SMILES string of the molecule is CCC(CC)(CN)C(=O)N1CCN(C(=O)OC)CC1. The molecule has 19 heavy (non-hydrogen) atoms. The summed E-state index contributed by atoms with van der Waals surface area (Å²) in [5, 5.41) is 0. The maximum Gasteiger partial charge on any atom is 0.409 e. The fourth-order valence-electron chi connectivity index (χ4n) is 2.49. The lowest BCUT2D eigenvalue weighted by Gasteiger charge is -2.39. The number of methoxy groups -OCH3 is 1. The number of rotatable bonds is 4. The van der Waals surface area contributed by atoms with Crippen molar-refractivity contribution in [2.24, 2.45) is 11.1 Å². The molecule has 0 aromatic rings. The maximum atomic E-state index is 12.6. The van der Waals surface area contributed by atoms with E-state index in [-0.39, 0.29) is 12.0 Å². The van der Waals surface area contributed by atoms with E-state index in [4.69, 9.17) is 5.73 Å². The Balaban J connectivity index is 2.64. The molecule has 0 atom stereocenters. The van der Waals surface area contributed by atoms with E-state index in [0.29, 0.717) is 32.7 Å². The van der Waals surface area contributed by atoms with Crippen molar-refractivity contribution in [3.05, 3.63) is 0 Å². The van der Waals surface area contributed by atoms with Gasteiger partial charge in [0, 0.05) is 32.7 Å². The van der Waals surface area contributed by atoms with Crippen LogP contribution in [0.15, 0.2) is 0 Å². The molecule has 6 heteroatoms. The first-order valence-electron chi connectivity index (χ1n) is 6.87. The standard InChI is InChI=1S/C13H25N3O3/c1-4-13(5-2,10-14)11(17)15-6-8-16(9-7-15)12(18)19-3/h4-10,14H2,1-3H3. The predicted octanol–water partition coefficient (Wildman–Crippen LogP) is 0.662. The molecular weight excluding hydrogens is 246 g/mol. The number of hydrogen-bond donors (Lipinski definition) is 1. The Morgan fingerprint density at radius 3 is 1.95 bits per heavy atom. The van der Waals surface area contributed by atoms with Gasteiger partial charge in [-0.05, 0) is 12.8 Å². The molecule has 0 saturated carbocycles. The van der Waals surface area contributed by atoms with Crippen molar-refractivity contribution in [1.82, 2.24) is 9.80 Å². The van der Waals surface area contributed by atoms with Crippen LogP contribution in [0, 0.1) is 5.41 Å². The van der Waals surface area contributed by atoms with Crippen LogP contribution in [-0.4, -0.2) is 61.6 Å². The van der Waals surface area contributed by atoms with Gasteiger partial charge in [-0.3, -0.25) is 4.79 Å². The van der Waals surface area contributed by atoms with E-state index in [0.717, 1.165) is 12.8 Å². The molecule has 2 amide bonds. The second-order valence-corrected chi connectivity index (χ2v) is 4.94. The number of carbonyl (C=O) groups excluding carboxylic acids is 2. The summed E-state index contributed by atoms with van der Waals surface area (Å²) < 4.78 is 4.68. The van der Waals surface area contributed by atoms with Crippen molar-refractivity contribution in [3.8, 4) is 0 Å². The van der Waals surface area contributed by atoms with E-state index in [1.807, 2.05) is 18.7 Å². The molecule has 2 N–H and O–H groups in total. The first-order chi connectivity index (χ1) is 9.04. The number of hydrogen-bond acceptors (Lipinski definition) is 4. The largest absolute Gasteiger partial charge is 0.453 e. The Kier molecular flexibility index (Phi) is 5.60. The molecule has 0 bridgehead atoms. The van der Waals surface area contributed by atoms with E-state index in [2.05, 4.69) is 4.74 Å². The fourth-order valence-corrected chi connectivity index (χ4v) is 2.49. The molecule has 0 radical (unpaired) electrons. The minimum absolute atomic E-state index is 0.115. The van der Waals surface area contributed by atoms with Crippen molar-refractivity contribution < 1.29 is 14.3 Å². The normalized spacial score (nSPS) is 16.4. The average Bonchev–Trinajstić information content (AvgIpc) is 2.48. The van der Waals surface area contributed by atoms with Gasteiger partial charge < -0.3 is 20.3 Å². The Hall–Kier alpha value is -1.30. The summed E-state index contributed by atoms with van der Waals surface area (Å²) in [6.45, 7) is 6.51. The first-order valence-corrected chi connectivity index (χ1v) is 6.87. The van der Waals surface area contributed by atoms with Gasteiger partial charge in [0.25, 0.3) is 0 Å². The predicted molar refractivity (Wildman–Crippen MR) is 72.6 cm³/mol.